The summed E-state index contributed by atoms with van der Waals surface area (Å²) >= 11 is 5.91. The molecule has 1 amide bonds. The average molecular weight is 349 g/mol. The van der Waals surface area contributed by atoms with Crippen molar-refractivity contribution in [2.24, 2.45) is 0 Å². The molecule has 0 saturated carbocycles. The van der Waals surface area contributed by atoms with Crippen molar-refractivity contribution in [2.75, 3.05) is 31.4 Å². The lowest BCUT2D eigenvalue weighted by atomic mass is 10.2. The normalized spacial score (nSPS) is 10.2. The quantitative estimate of drug-likeness (QED) is 0.790. The molecule has 0 atom stereocenters. The fourth-order valence-corrected chi connectivity index (χ4v) is 2.47. The molecule has 2 aromatic carbocycles. The Labute approximate surface area is 146 Å². The Morgan fingerprint density at radius 1 is 1.08 bits per heavy atom. The summed E-state index contributed by atoms with van der Waals surface area (Å²) < 4.78 is 10.5. The smallest absolute Gasteiger partial charge is 0.226 e. The summed E-state index contributed by atoms with van der Waals surface area (Å²) in [6.07, 6.45) is 0.322. The van der Waals surface area contributed by atoms with Crippen molar-refractivity contribution in [3.05, 3.63) is 47.0 Å². The third kappa shape index (κ3) is 4.80. The minimum atomic E-state index is -0.0743. The second kappa shape index (κ2) is 8.45. The molecule has 0 aliphatic rings. The van der Waals surface area contributed by atoms with Crippen molar-refractivity contribution >= 4 is 28.9 Å². The molecule has 2 aromatic rings. The first-order chi connectivity index (χ1) is 11.5. The number of hydrogen-bond acceptors (Lipinski definition) is 4. The van der Waals surface area contributed by atoms with Gasteiger partial charge in [-0.1, -0.05) is 11.6 Å². The third-order valence-corrected chi connectivity index (χ3v) is 3.77. The minimum Gasteiger partial charge on any atom is -0.497 e. The highest BCUT2D eigenvalue weighted by atomic mass is 35.5. The van der Waals surface area contributed by atoms with Crippen LogP contribution in [0.15, 0.2) is 36.4 Å². The molecule has 0 saturated heterocycles. The predicted octanol–water partition coefficient (Wildman–Crippen LogP) is 4.11. The molecule has 0 fully saturated rings. The van der Waals surface area contributed by atoms with Crippen LogP contribution in [0.2, 0.25) is 5.02 Å². The van der Waals surface area contributed by atoms with Crippen molar-refractivity contribution in [1.82, 2.24) is 0 Å². The summed E-state index contributed by atoms with van der Waals surface area (Å²) in [7, 11) is 3.20. The van der Waals surface area contributed by atoms with Gasteiger partial charge < -0.3 is 20.1 Å². The van der Waals surface area contributed by atoms with Gasteiger partial charge in [0, 0.05) is 29.7 Å². The molecule has 2 N–H and O–H groups in total. The number of carbonyl (C=O) groups is 1. The van der Waals surface area contributed by atoms with Gasteiger partial charge in [0.25, 0.3) is 0 Å². The fraction of sp³-hybridized carbons (Fsp3) is 0.278. The van der Waals surface area contributed by atoms with E-state index in [4.69, 9.17) is 21.1 Å². The first kappa shape index (κ1) is 17.9. The zero-order valence-electron chi connectivity index (χ0n) is 14.0. The van der Waals surface area contributed by atoms with Gasteiger partial charge in [-0.25, -0.2) is 0 Å². The highest BCUT2D eigenvalue weighted by molar-refractivity contribution is 6.30. The maximum absolute atomic E-state index is 12.1. The molecule has 2 rings (SSSR count). The molecule has 6 heteroatoms. The number of rotatable bonds is 7. The van der Waals surface area contributed by atoms with E-state index in [-0.39, 0.29) is 5.91 Å². The van der Waals surface area contributed by atoms with Crippen LogP contribution in [0.4, 0.5) is 11.4 Å². The predicted molar refractivity (Wildman–Crippen MR) is 97.5 cm³/mol. The lowest BCUT2D eigenvalue weighted by molar-refractivity contribution is -0.115. The molecular formula is C18H21ClN2O3. The molecule has 0 aliphatic carbocycles. The third-order valence-electron chi connectivity index (χ3n) is 3.54. The van der Waals surface area contributed by atoms with E-state index in [9.17, 15) is 4.79 Å². The van der Waals surface area contributed by atoms with Gasteiger partial charge >= 0.3 is 0 Å². The van der Waals surface area contributed by atoms with E-state index in [2.05, 4.69) is 10.6 Å². The number of ether oxygens (including phenoxy) is 2. The fourth-order valence-electron chi connectivity index (χ4n) is 2.24. The number of amides is 1. The highest BCUT2D eigenvalue weighted by Gasteiger charge is 2.08. The van der Waals surface area contributed by atoms with E-state index in [1.165, 1.54) is 0 Å². The summed E-state index contributed by atoms with van der Waals surface area (Å²) in [5.41, 5.74) is 2.48. The second-order valence-electron chi connectivity index (χ2n) is 5.25. The van der Waals surface area contributed by atoms with Crippen LogP contribution in [-0.4, -0.2) is 26.7 Å². The van der Waals surface area contributed by atoms with Crippen LogP contribution in [0.1, 0.15) is 12.0 Å². The first-order valence-corrected chi connectivity index (χ1v) is 7.93. The summed E-state index contributed by atoms with van der Waals surface area (Å²) in [6.45, 7) is 2.38. The van der Waals surface area contributed by atoms with E-state index < -0.39 is 0 Å². The number of benzene rings is 2. The topological polar surface area (TPSA) is 59.6 Å². The number of anilines is 2. The number of nitrogens with one attached hydrogen (secondary N) is 2. The van der Waals surface area contributed by atoms with Crippen molar-refractivity contribution < 1.29 is 14.3 Å². The summed E-state index contributed by atoms with van der Waals surface area (Å²) in [4.78, 5) is 12.1. The van der Waals surface area contributed by atoms with Gasteiger partial charge in [-0.05, 0) is 42.8 Å². The molecule has 0 spiro atoms. The molecule has 0 bridgehead atoms. The summed E-state index contributed by atoms with van der Waals surface area (Å²) in [5, 5.41) is 6.72. The Kier molecular flexibility index (Phi) is 6.32. The van der Waals surface area contributed by atoms with Gasteiger partial charge in [-0.15, -0.1) is 0 Å². The minimum absolute atomic E-state index is 0.0743. The maximum Gasteiger partial charge on any atom is 0.226 e. The molecule has 0 heterocycles. The van der Waals surface area contributed by atoms with Gasteiger partial charge in [0.15, 0.2) is 0 Å². The Morgan fingerprint density at radius 2 is 1.88 bits per heavy atom. The van der Waals surface area contributed by atoms with Crippen molar-refractivity contribution in [3.63, 3.8) is 0 Å². The average Bonchev–Trinajstić information content (AvgIpc) is 2.57. The monoisotopic (exact) mass is 348 g/mol. The van der Waals surface area contributed by atoms with E-state index in [1.54, 1.807) is 26.4 Å². The standard InChI is InChI=1S/C18H21ClN2O3/c1-12-10-13(19)4-6-15(12)21-18(22)8-9-20-16-11-14(23-2)5-7-17(16)24-3/h4-7,10-11,20H,8-9H2,1-3H3,(H,21,22). The molecule has 5 nitrogen and oxygen atoms in total. The van der Waals surface area contributed by atoms with Gasteiger partial charge in [0.1, 0.15) is 11.5 Å². The van der Waals surface area contributed by atoms with Crippen LogP contribution in [-0.2, 0) is 4.79 Å². The largest absolute Gasteiger partial charge is 0.497 e. The molecule has 128 valence electrons. The van der Waals surface area contributed by atoms with Crippen LogP contribution < -0.4 is 20.1 Å². The van der Waals surface area contributed by atoms with Crippen LogP contribution in [0, 0.1) is 6.92 Å². The number of halogens is 1. The molecule has 0 aromatic heterocycles. The number of carbonyl (C=O) groups excluding carboxylic acids is 1. The van der Waals surface area contributed by atoms with Crippen LogP contribution in [0.3, 0.4) is 0 Å². The Hall–Kier alpha value is -2.40. The number of aryl methyl sites for hydroxylation is 1. The van der Waals surface area contributed by atoms with Gasteiger partial charge in [0.2, 0.25) is 5.91 Å². The highest BCUT2D eigenvalue weighted by Crippen LogP contribution is 2.28. The van der Waals surface area contributed by atoms with E-state index in [1.807, 2.05) is 31.2 Å². The van der Waals surface area contributed by atoms with E-state index in [0.29, 0.717) is 23.7 Å². The zero-order chi connectivity index (χ0) is 17.5. The number of methoxy groups -OCH3 is 2. The van der Waals surface area contributed by atoms with Crippen molar-refractivity contribution in [2.45, 2.75) is 13.3 Å². The Bertz CT molecular complexity index is 719. The SMILES string of the molecule is COc1ccc(OC)c(NCCC(=O)Nc2ccc(Cl)cc2C)c1. The number of hydrogen-bond donors (Lipinski definition) is 2. The van der Waals surface area contributed by atoms with E-state index in [0.717, 1.165) is 22.7 Å². The molecule has 0 unspecified atom stereocenters. The molecule has 0 radical (unpaired) electrons. The second-order valence-corrected chi connectivity index (χ2v) is 5.69. The van der Waals surface area contributed by atoms with Crippen molar-refractivity contribution in [3.8, 4) is 11.5 Å². The van der Waals surface area contributed by atoms with Gasteiger partial charge in [0.05, 0.1) is 19.9 Å². The molecule has 0 aliphatic heterocycles. The zero-order valence-corrected chi connectivity index (χ0v) is 14.7. The Balaban J connectivity index is 1.90. The van der Waals surface area contributed by atoms with Crippen LogP contribution in [0.5, 0.6) is 11.5 Å². The van der Waals surface area contributed by atoms with Crippen LogP contribution in [0.25, 0.3) is 0 Å². The van der Waals surface area contributed by atoms with Crippen molar-refractivity contribution in [1.29, 1.82) is 0 Å². The maximum atomic E-state index is 12.1. The summed E-state index contributed by atoms with van der Waals surface area (Å²) in [5.74, 6) is 1.35. The summed E-state index contributed by atoms with van der Waals surface area (Å²) in [6, 6.07) is 10.8. The van der Waals surface area contributed by atoms with E-state index >= 15 is 0 Å². The lowest BCUT2D eigenvalue weighted by Crippen LogP contribution is -2.17. The van der Waals surface area contributed by atoms with Gasteiger partial charge in [-0.3, -0.25) is 4.79 Å². The first-order valence-electron chi connectivity index (χ1n) is 7.55. The molecular weight excluding hydrogens is 328 g/mol. The van der Waals surface area contributed by atoms with Gasteiger partial charge in [-0.2, -0.15) is 0 Å². The van der Waals surface area contributed by atoms with Crippen LogP contribution >= 0.6 is 11.6 Å². The lowest BCUT2D eigenvalue weighted by Gasteiger charge is -2.13. The Morgan fingerprint density at radius 3 is 2.54 bits per heavy atom. The molecule has 24 heavy (non-hydrogen) atoms.